The molecule has 3 nitrogen and oxygen atoms in total. The van der Waals surface area contributed by atoms with Crippen molar-refractivity contribution < 1.29 is 4.79 Å². The smallest absolute Gasteiger partial charge is 0.223 e. The minimum atomic E-state index is 0.146. The van der Waals surface area contributed by atoms with Gasteiger partial charge in [-0.1, -0.05) is 43.1 Å². The Morgan fingerprint density at radius 1 is 1.26 bits per heavy atom. The zero-order chi connectivity index (χ0) is 16.8. The quantitative estimate of drug-likeness (QED) is 0.812. The number of amides is 1. The molecule has 0 bridgehead atoms. The average molecular weight is 357 g/mol. The number of nitrogens with one attached hydrogen (secondary N) is 1. The first kappa shape index (κ1) is 18.6. The molecule has 1 N–H and O–H groups in total. The third kappa shape index (κ3) is 5.37. The van der Waals surface area contributed by atoms with Gasteiger partial charge in [-0.2, -0.15) is 0 Å². The summed E-state index contributed by atoms with van der Waals surface area (Å²) in [5.41, 5.74) is 1.09. The Morgan fingerprint density at radius 2 is 1.91 bits per heavy atom. The van der Waals surface area contributed by atoms with Crippen LogP contribution in [0.4, 0.5) is 0 Å². The van der Waals surface area contributed by atoms with E-state index in [4.69, 9.17) is 23.2 Å². The highest BCUT2D eigenvalue weighted by atomic mass is 35.5. The summed E-state index contributed by atoms with van der Waals surface area (Å²) in [4.78, 5) is 14.7. The van der Waals surface area contributed by atoms with Gasteiger partial charge in [-0.25, -0.2) is 0 Å². The monoisotopic (exact) mass is 356 g/mol. The lowest BCUT2D eigenvalue weighted by atomic mass is 9.95. The maximum Gasteiger partial charge on any atom is 0.223 e. The topological polar surface area (TPSA) is 32.3 Å². The number of halogens is 2. The second-order valence-corrected chi connectivity index (χ2v) is 7.15. The van der Waals surface area contributed by atoms with Crippen LogP contribution < -0.4 is 5.32 Å². The van der Waals surface area contributed by atoms with Crippen molar-refractivity contribution in [3.63, 3.8) is 0 Å². The molecule has 128 valence electrons. The molecule has 1 heterocycles. The minimum absolute atomic E-state index is 0.146. The van der Waals surface area contributed by atoms with Gasteiger partial charge in [0, 0.05) is 28.5 Å². The lowest BCUT2D eigenvalue weighted by molar-refractivity contribution is -0.127. The van der Waals surface area contributed by atoms with Crippen LogP contribution in [0.25, 0.3) is 0 Å². The Hall–Kier alpha value is -0.770. The number of likely N-dealkylation sites (tertiary alicyclic amines) is 1. The molecule has 5 heteroatoms. The van der Waals surface area contributed by atoms with E-state index in [1.54, 1.807) is 6.07 Å². The van der Waals surface area contributed by atoms with Crippen molar-refractivity contribution in [2.75, 3.05) is 13.1 Å². The van der Waals surface area contributed by atoms with E-state index in [1.807, 2.05) is 12.1 Å². The second-order valence-electron chi connectivity index (χ2n) is 6.31. The van der Waals surface area contributed by atoms with Gasteiger partial charge in [0.25, 0.3) is 0 Å². The molecule has 1 amide bonds. The van der Waals surface area contributed by atoms with E-state index >= 15 is 0 Å². The minimum Gasteiger partial charge on any atom is -0.353 e. The fourth-order valence-corrected chi connectivity index (χ4v) is 3.52. The maximum atomic E-state index is 12.3. The van der Waals surface area contributed by atoms with Crippen LogP contribution in [0.15, 0.2) is 18.2 Å². The van der Waals surface area contributed by atoms with Crippen molar-refractivity contribution in [1.82, 2.24) is 10.2 Å². The molecule has 1 aromatic carbocycles. The maximum absolute atomic E-state index is 12.3. The molecule has 2 rings (SSSR count). The fourth-order valence-electron chi connectivity index (χ4n) is 3.06. The molecule has 0 aliphatic carbocycles. The standard InChI is InChI=1S/C18H26Cl2N2O/c1-3-16(4-2)21-18(23)13-7-9-22(10-8-13)12-14-5-6-15(19)11-17(14)20/h5-6,11,13,16H,3-4,7-10,12H2,1-2H3,(H,21,23). The van der Waals surface area contributed by atoms with Gasteiger partial charge in [0.05, 0.1) is 0 Å². The highest BCUT2D eigenvalue weighted by Gasteiger charge is 2.26. The highest BCUT2D eigenvalue weighted by molar-refractivity contribution is 6.35. The molecule has 0 radical (unpaired) electrons. The molecule has 0 aromatic heterocycles. The van der Waals surface area contributed by atoms with Gasteiger partial charge in [0.15, 0.2) is 0 Å². The number of carbonyl (C=O) groups is 1. The molecule has 0 saturated carbocycles. The first-order valence-corrected chi connectivity index (χ1v) is 9.25. The summed E-state index contributed by atoms with van der Waals surface area (Å²) < 4.78 is 0. The summed E-state index contributed by atoms with van der Waals surface area (Å²) in [6, 6.07) is 5.96. The number of hydrogen-bond donors (Lipinski definition) is 1. The molecular formula is C18H26Cl2N2O. The Balaban J connectivity index is 1.82. The van der Waals surface area contributed by atoms with E-state index in [1.165, 1.54) is 0 Å². The van der Waals surface area contributed by atoms with Gasteiger partial charge in [-0.15, -0.1) is 0 Å². The van der Waals surface area contributed by atoms with Crippen molar-refractivity contribution in [2.45, 2.75) is 52.1 Å². The molecule has 0 unspecified atom stereocenters. The van der Waals surface area contributed by atoms with Gasteiger partial charge in [0.2, 0.25) is 5.91 Å². The fraction of sp³-hybridized carbons (Fsp3) is 0.611. The number of nitrogens with zero attached hydrogens (tertiary/aromatic N) is 1. The molecule has 1 saturated heterocycles. The molecular weight excluding hydrogens is 331 g/mol. The first-order valence-electron chi connectivity index (χ1n) is 8.50. The van der Waals surface area contributed by atoms with E-state index in [9.17, 15) is 4.79 Å². The summed E-state index contributed by atoms with van der Waals surface area (Å²) >= 11 is 12.2. The van der Waals surface area contributed by atoms with Crippen molar-refractivity contribution in [2.24, 2.45) is 5.92 Å². The molecule has 1 aliphatic heterocycles. The lowest BCUT2D eigenvalue weighted by Crippen LogP contribution is -2.43. The van der Waals surface area contributed by atoms with Gasteiger partial charge < -0.3 is 5.32 Å². The van der Waals surface area contributed by atoms with Gasteiger partial charge >= 0.3 is 0 Å². The van der Waals surface area contributed by atoms with Crippen molar-refractivity contribution in [1.29, 1.82) is 0 Å². The molecule has 23 heavy (non-hydrogen) atoms. The van der Waals surface area contributed by atoms with Gasteiger partial charge in [-0.3, -0.25) is 9.69 Å². The van der Waals surface area contributed by atoms with Crippen LogP contribution in [-0.2, 0) is 11.3 Å². The van der Waals surface area contributed by atoms with E-state index in [2.05, 4.69) is 24.1 Å². The Bertz CT molecular complexity index is 524. The molecule has 0 spiro atoms. The molecule has 0 atom stereocenters. The van der Waals surface area contributed by atoms with Gasteiger partial charge in [-0.05, 0) is 56.5 Å². The summed E-state index contributed by atoms with van der Waals surface area (Å²) in [7, 11) is 0. The van der Waals surface area contributed by atoms with Crippen LogP contribution >= 0.6 is 23.2 Å². The van der Waals surface area contributed by atoms with Crippen LogP contribution in [0.1, 0.15) is 45.1 Å². The molecule has 1 aliphatic rings. The van der Waals surface area contributed by atoms with Crippen LogP contribution in [-0.4, -0.2) is 29.9 Å². The van der Waals surface area contributed by atoms with E-state index in [0.29, 0.717) is 16.1 Å². The number of rotatable bonds is 6. The third-order valence-electron chi connectivity index (χ3n) is 4.70. The lowest BCUT2D eigenvalue weighted by Gasteiger charge is -2.32. The average Bonchev–Trinajstić information content (AvgIpc) is 2.55. The molecule has 1 aromatic rings. The Morgan fingerprint density at radius 3 is 2.48 bits per heavy atom. The van der Waals surface area contributed by atoms with E-state index in [0.717, 1.165) is 50.9 Å². The number of benzene rings is 1. The summed E-state index contributed by atoms with van der Waals surface area (Å²) in [5.74, 6) is 0.371. The highest BCUT2D eigenvalue weighted by Crippen LogP contribution is 2.25. The predicted octanol–water partition coefficient (Wildman–Crippen LogP) is 4.51. The van der Waals surface area contributed by atoms with Crippen molar-refractivity contribution >= 4 is 29.1 Å². The van der Waals surface area contributed by atoms with Gasteiger partial charge in [0.1, 0.15) is 0 Å². The van der Waals surface area contributed by atoms with Crippen LogP contribution in [0.5, 0.6) is 0 Å². The first-order chi connectivity index (χ1) is 11.0. The van der Waals surface area contributed by atoms with E-state index in [-0.39, 0.29) is 11.8 Å². The Kier molecular flexibility index (Phi) is 7.19. The van der Waals surface area contributed by atoms with Crippen LogP contribution in [0.3, 0.4) is 0 Å². The normalized spacial score (nSPS) is 16.7. The predicted molar refractivity (Wildman–Crippen MR) is 97.0 cm³/mol. The largest absolute Gasteiger partial charge is 0.353 e. The van der Waals surface area contributed by atoms with Crippen molar-refractivity contribution in [3.8, 4) is 0 Å². The zero-order valence-corrected chi connectivity index (χ0v) is 15.5. The summed E-state index contributed by atoms with van der Waals surface area (Å²) in [6.07, 6.45) is 3.82. The van der Waals surface area contributed by atoms with Crippen LogP contribution in [0.2, 0.25) is 10.0 Å². The summed E-state index contributed by atoms with van der Waals surface area (Å²) in [6.45, 7) is 6.91. The number of hydrogen-bond acceptors (Lipinski definition) is 2. The Labute approximate surface area is 149 Å². The zero-order valence-electron chi connectivity index (χ0n) is 13.9. The van der Waals surface area contributed by atoms with Crippen LogP contribution in [0, 0.1) is 5.92 Å². The van der Waals surface area contributed by atoms with E-state index < -0.39 is 0 Å². The number of carbonyl (C=O) groups excluding carboxylic acids is 1. The molecule has 1 fully saturated rings. The van der Waals surface area contributed by atoms with Crippen molar-refractivity contribution in [3.05, 3.63) is 33.8 Å². The third-order valence-corrected chi connectivity index (χ3v) is 5.29. The number of piperidine rings is 1. The SMILES string of the molecule is CCC(CC)NC(=O)C1CCN(Cc2ccc(Cl)cc2Cl)CC1. The second kappa shape index (κ2) is 8.91. The summed E-state index contributed by atoms with van der Waals surface area (Å²) in [5, 5.41) is 4.55.